The quantitative estimate of drug-likeness (QED) is 0.533. The maximum absolute atomic E-state index is 11.7. The minimum absolute atomic E-state index is 0.0270. The van der Waals surface area contributed by atoms with Crippen molar-refractivity contribution in [2.75, 3.05) is 0 Å². The van der Waals surface area contributed by atoms with Crippen LogP contribution < -0.4 is 5.32 Å². The normalized spacial score (nSPS) is 10.4. The summed E-state index contributed by atoms with van der Waals surface area (Å²) in [5, 5.41) is 12.7. The molecule has 0 aliphatic heterocycles. The van der Waals surface area contributed by atoms with Crippen molar-refractivity contribution in [1.82, 2.24) is 5.32 Å². The lowest BCUT2D eigenvalue weighted by Crippen LogP contribution is -2.28. The van der Waals surface area contributed by atoms with Gasteiger partial charge in [0.05, 0.1) is 4.92 Å². The van der Waals surface area contributed by atoms with E-state index in [0.29, 0.717) is 11.1 Å². The average molecular weight is 296 g/mol. The molecular weight excluding hydrogens is 284 g/mol. The highest BCUT2D eigenvalue weighted by molar-refractivity contribution is 6.09. The molecular formula is C16H12N2O4. The molecule has 1 N–H and O–H groups in total. The Balaban J connectivity index is 1.96. The van der Waals surface area contributed by atoms with Crippen LogP contribution in [0.25, 0.3) is 6.08 Å². The molecule has 0 fully saturated rings. The smallest absolute Gasteiger partial charge is 0.269 e. The summed E-state index contributed by atoms with van der Waals surface area (Å²) in [7, 11) is 0. The Morgan fingerprint density at radius 2 is 1.64 bits per heavy atom. The molecule has 6 heteroatoms. The van der Waals surface area contributed by atoms with Crippen LogP contribution in [0.1, 0.15) is 15.9 Å². The van der Waals surface area contributed by atoms with E-state index < -0.39 is 16.7 Å². The molecule has 0 aliphatic carbocycles. The molecule has 0 saturated carbocycles. The van der Waals surface area contributed by atoms with E-state index in [4.69, 9.17) is 0 Å². The maximum atomic E-state index is 11.7. The fourth-order valence-corrected chi connectivity index (χ4v) is 1.69. The van der Waals surface area contributed by atoms with Crippen molar-refractivity contribution in [3.63, 3.8) is 0 Å². The van der Waals surface area contributed by atoms with Gasteiger partial charge in [0.1, 0.15) is 0 Å². The predicted molar refractivity (Wildman–Crippen MR) is 81.0 cm³/mol. The Labute approximate surface area is 126 Å². The molecule has 0 unspecified atom stereocenters. The fourth-order valence-electron chi connectivity index (χ4n) is 1.69. The molecule has 6 nitrogen and oxygen atoms in total. The average Bonchev–Trinajstić information content (AvgIpc) is 2.54. The highest BCUT2D eigenvalue weighted by Gasteiger charge is 2.07. The summed E-state index contributed by atoms with van der Waals surface area (Å²) in [6.45, 7) is 0. The third kappa shape index (κ3) is 4.11. The van der Waals surface area contributed by atoms with E-state index in [2.05, 4.69) is 5.32 Å². The van der Waals surface area contributed by atoms with Crippen LogP contribution in [0.2, 0.25) is 0 Å². The zero-order valence-corrected chi connectivity index (χ0v) is 11.4. The van der Waals surface area contributed by atoms with Gasteiger partial charge >= 0.3 is 0 Å². The summed E-state index contributed by atoms with van der Waals surface area (Å²) >= 11 is 0. The lowest BCUT2D eigenvalue weighted by Gasteiger charge is -2.00. The van der Waals surface area contributed by atoms with Gasteiger partial charge in [0.25, 0.3) is 17.5 Å². The zero-order valence-electron chi connectivity index (χ0n) is 11.4. The van der Waals surface area contributed by atoms with Gasteiger partial charge in [-0.15, -0.1) is 0 Å². The van der Waals surface area contributed by atoms with E-state index in [1.807, 2.05) is 0 Å². The van der Waals surface area contributed by atoms with Crippen LogP contribution in [-0.4, -0.2) is 16.7 Å². The molecule has 0 spiro atoms. The van der Waals surface area contributed by atoms with Gasteiger partial charge in [-0.25, -0.2) is 0 Å². The Hall–Kier alpha value is -3.28. The molecule has 110 valence electrons. The number of benzene rings is 2. The molecule has 0 heterocycles. The molecule has 2 rings (SSSR count). The number of nitro groups is 1. The minimum atomic E-state index is -0.563. The number of imide groups is 1. The molecule has 0 saturated heterocycles. The highest BCUT2D eigenvalue weighted by Crippen LogP contribution is 2.12. The zero-order chi connectivity index (χ0) is 15.9. The van der Waals surface area contributed by atoms with E-state index in [1.54, 1.807) is 30.3 Å². The number of carbonyl (C=O) groups excluding carboxylic acids is 2. The van der Waals surface area contributed by atoms with Gasteiger partial charge in [-0.05, 0) is 35.9 Å². The number of rotatable bonds is 4. The largest absolute Gasteiger partial charge is 0.289 e. The number of hydrogen-bond donors (Lipinski definition) is 1. The molecule has 2 aromatic rings. The fraction of sp³-hybridized carbons (Fsp3) is 0. The number of nitrogens with zero attached hydrogens (tertiary/aromatic N) is 1. The van der Waals surface area contributed by atoms with Gasteiger partial charge in [-0.3, -0.25) is 25.0 Å². The summed E-state index contributed by atoms with van der Waals surface area (Å²) in [5.74, 6) is -1.05. The standard InChI is InChI=1S/C16H12N2O4/c19-15(17-16(20)13-4-2-1-3-5-13)11-8-12-6-9-14(10-7-12)18(21)22/h1-11H,(H,17,19,20)/b11-8+. The SMILES string of the molecule is O=C(/C=C/c1ccc([N+](=O)[O-])cc1)NC(=O)c1ccccc1. The lowest BCUT2D eigenvalue weighted by molar-refractivity contribution is -0.384. The van der Waals surface area contributed by atoms with Crippen molar-refractivity contribution >= 4 is 23.6 Å². The van der Waals surface area contributed by atoms with Crippen LogP contribution in [-0.2, 0) is 4.79 Å². The van der Waals surface area contributed by atoms with Crippen LogP contribution in [0.15, 0.2) is 60.7 Å². The van der Waals surface area contributed by atoms with Gasteiger partial charge in [-0.1, -0.05) is 18.2 Å². The summed E-state index contributed by atoms with van der Waals surface area (Å²) in [5.41, 5.74) is 0.980. The third-order valence-electron chi connectivity index (χ3n) is 2.80. The topological polar surface area (TPSA) is 89.3 Å². The van der Waals surface area contributed by atoms with Crippen molar-refractivity contribution in [3.05, 3.63) is 81.9 Å². The second-order valence-electron chi connectivity index (χ2n) is 4.37. The van der Waals surface area contributed by atoms with Crippen molar-refractivity contribution < 1.29 is 14.5 Å². The van der Waals surface area contributed by atoms with Crippen molar-refractivity contribution in [1.29, 1.82) is 0 Å². The first-order valence-electron chi connectivity index (χ1n) is 6.39. The number of hydrogen-bond acceptors (Lipinski definition) is 4. The van der Waals surface area contributed by atoms with E-state index in [9.17, 15) is 19.7 Å². The van der Waals surface area contributed by atoms with Gasteiger partial charge in [0.15, 0.2) is 0 Å². The van der Waals surface area contributed by atoms with E-state index in [-0.39, 0.29) is 5.69 Å². The number of non-ortho nitro benzene ring substituents is 1. The molecule has 0 aromatic heterocycles. The van der Waals surface area contributed by atoms with E-state index in [1.165, 1.54) is 36.4 Å². The molecule has 0 atom stereocenters. The third-order valence-corrected chi connectivity index (χ3v) is 2.80. The first kappa shape index (κ1) is 15.1. The number of carbonyl (C=O) groups is 2. The molecule has 22 heavy (non-hydrogen) atoms. The maximum Gasteiger partial charge on any atom is 0.269 e. The molecule has 0 radical (unpaired) electrons. The lowest BCUT2D eigenvalue weighted by atomic mass is 10.2. The van der Waals surface area contributed by atoms with Crippen molar-refractivity contribution in [3.8, 4) is 0 Å². The molecule has 2 aromatic carbocycles. The first-order chi connectivity index (χ1) is 10.6. The second kappa shape index (κ2) is 6.94. The minimum Gasteiger partial charge on any atom is -0.289 e. The van der Waals surface area contributed by atoms with Crippen LogP contribution in [0.4, 0.5) is 5.69 Å². The summed E-state index contributed by atoms with van der Waals surface area (Å²) in [4.78, 5) is 33.4. The van der Waals surface area contributed by atoms with Gasteiger partial charge in [0.2, 0.25) is 0 Å². The van der Waals surface area contributed by atoms with Gasteiger partial charge in [-0.2, -0.15) is 0 Å². The van der Waals surface area contributed by atoms with E-state index in [0.717, 1.165) is 0 Å². The van der Waals surface area contributed by atoms with Gasteiger partial charge in [0, 0.05) is 23.8 Å². The Morgan fingerprint density at radius 3 is 2.23 bits per heavy atom. The molecule has 0 bridgehead atoms. The molecule has 0 aliphatic rings. The molecule has 2 amide bonds. The Kier molecular flexibility index (Phi) is 4.77. The monoisotopic (exact) mass is 296 g/mol. The summed E-state index contributed by atoms with van der Waals surface area (Å²) in [6, 6.07) is 14.1. The Morgan fingerprint density at radius 1 is 1.00 bits per heavy atom. The van der Waals surface area contributed by atoms with Crippen LogP contribution in [0.5, 0.6) is 0 Å². The van der Waals surface area contributed by atoms with Crippen molar-refractivity contribution in [2.24, 2.45) is 0 Å². The number of nitrogens with one attached hydrogen (secondary N) is 1. The van der Waals surface area contributed by atoms with Crippen LogP contribution in [0, 0.1) is 10.1 Å². The van der Waals surface area contributed by atoms with Crippen LogP contribution >= 0.6 is 0 Å². The predicted octanol–water partition coefficient (Wildman–Crippen LogP) is 2.56. The Bertz CT molecular complexity index is 722. The van der Waals surface area contributed by atoms with Gasteiger partial charge < -0.3 is 0 Å². The van der Waals surface area contributed by atoms with Crippen LogP contribution in [0.3, 0.4) is 0 Å². The number of amides is 2. The number of nitro benzene ring substituents is 1. The van der Waals surface area contributed by atoms with E-state index >= 15 is 0 Å². The first-order valence-corrected chi connectivity index (χ1v) is 6.39. The second-order valence-corrected chi connectivity index (χ2v) is 4.37. The highest BCUT2D eigenvalue weighted by atomic mass is 16.6. The summed E-state index contributed by atoms with van der Waals surface area (Å²) in [6.07, 6.45) is 2.67. The summed E-state index contributed by atoms with van der Waals surface area (Å²) < 4.78 is 0. The van der Waals surface area contributed by atoms with Crippen molar-refractivity contribution in [2.45, 2.75) is 0 Å².